The van der Waals surface area contributed by atoms with Crippen LogP contribution in [0.4, 0.5) is 0 Å². The molecule has 0 aliphatic heterocycles. The van der Waals surface area contributed by atoms with Crippen LogP contribution < -0.4 is 29.1 Å². The molecular weight excluding hydrogens is 789 g/mol. The van der Waals surface area contributed by atoms with E-state index >= 15 is 0 Å². The first-order chi connectivity index (χ1) is 31.0. The third kappa shape index (κ3) is 13.1. The molecule has 0 N–H and O–H groups in total. The molecule has 0 atom stereocenters. The van der Waals surface area contributed by atoms with Crippen molar-refractivity contribution in [2.45, 2.75) is 97.6 Å². The molecule has 1 aromatic heterocycles. The number of esters is 1. The number of carbonyl (C=O) groups is 1. The maximum atomic E-state index is 14.9. The largest absolute Gasteiger partial charge is 0.489 e. The molecule has 0 spiro atoms. The van der Waals surface area contributed by atoms with Crippen LogP contribution in [0.25, 0.3) is 22.3 Å². The Morgan fingerprint density at radius 3 is 1.54 bits per heavy atom. The summed E-state index contributed by atoms with van der Waals surface area (Å²) >= 11 is 0. The Morgan fingerprint density at radius 2 is 0.984 bits per heavy atom. The Kier molecular flexibility index (Phi) is 16.5. The number of hydrogen-bond donors (Lipinski definition) is 0. The number of carbonyl (C=O) groups excluding carboxylic acids is 1. The van der Waals surface area contributed by atoms with Crippen LogP contribution >= 0.6 is 0 Å². The third-order valence-corrected chi connectivity index (χ3v) is 10.8. The topological polar surface area (TPSA) is 93.4 Å². The molecule has 324 valence electrons. The second-order valence-electron chi connectivity index (χ2n) is 15.7. The van der Waals surface area contributed by atoms with Gasteiger partial charge in [0.25, 0.3) is 0 Å². The number of unbranched alkanes of at least 4 members (excludes halogenated alkanes) is 8. The van der Waals surface area contributed by atoms with Crippen LogP contribution in [0.2, 0.25) is 0 Å². The number of rotatable bonds is 24. The summed E-state index contributed by atoms with van der Waals surface area (Å²) in [4.78, 5) is 28.4. The molecule has 8 heteroatoms. The number of fused-ring (bicyclic) bond motifs is 1. The summed E-state index contributed by atoms with van der Waals surface area (Å²) in [5.41, 5.74) is 3.99. The lowest BCUT2D eigenvalue weighted by molar-refractivity contribution is -0.134. The fraction of sp³-hybridized carbons (Fsp3) is 0.273. The van der Waals surface area contributed by atoms with Crippen molar-refractivity contribution in [2.75, 3.05) is 0 Å². The molecule has 0 unspecified atom stereocenters. The molecule has 1 heterocycles. The fourth-order valence-electron chi connectivity index (χ4n) is 7.30. The molecular formula is C55H56O8. The fourth-order valence-corrected chi connectivity index (χ4v) is 7.30. The van der Waals surface area contributed by atoms with E-state index in [4.69, 9.17) is 28.1 Å². The standard InChI is InChI=1S/C55H56O8/c1-2-3-4-5-6-7-8-9-22-31-51(56)62-49-35-46(58-37-41-23-14-10-15-24-41)36-50-52(49)53(57)55(61-40-44-29-20-13-21-30-44)54(63-50)45-32-33-47(59-38-42-25-16-11-17-26-42)48(34-45)60-39-43-27-18-12-19-28-43/h10-21,23-30,32-36H,2-9,22,31,37-40H2,1H3. The van der Waals surface area contributed by atoms with Crippen LogP contribution in [-0.4, -0.2) is 5.97 Å². The monoisotopic (exact) mass is 844 g/mol. The van der Waals surface area contributed by atoms with Crippen LogP contribution in [0.1, 0.15) is 93.4 Å². The first-order valence-electron chi connectivity index (χ1n) is 22.2. The van der Waals surface area contributed by atoms with Gasteiger partial charge < -0.3 is 28.1 Å². The van der Waals surface area contributed by atoms with Gasteiger partial charge in [-0.2, -0.15) is 0 Å². The number of hydrogen-bond acceptors (Lipinski definition) is 8. The molecule has 0 amide bonds. The van der Waals surface area contributed by atoms with Crippen LogP contribution in [0.3, 0.4) is 0 Å². The maximum absolute atomic E-state index is 14.9. The summed E-state index contributed by atoms with van der Waals surface area (Å²) in [5, 5.41) is 0.0812. The van der Waals surface area contributed by atoms with Gasteiger partial charge in [0.2, 0.25) is 11.2 Å². The van der Waals surface area contributed by atoms with Gasteiger partial charge in [-0.15, -0.1) is 0 Å². The Bertz CT molecular complexity index is 2540. The zero-order valence-corrected chi connectivity index (χ0v) is 36.1. The van der Waals surface area contributed by atoms with Crippen molar-refractivity contribution in [1.29, 1.82) is 0 Å². The van der Waals surface area contributed by atoms with Gasteiger partial charge in [-0.05, 0) is 46.9 Å². The van der Waals surface area contributed by atoms with Gasteiger partial charge >= 0.3 is 5.97 Å². The molecule has 63 heavy (non-hydrogen) atoms. The van der Waals surface area contributed by atoms with E-state index in [1.807, 2.05) is 133 Å². The predicted molar refractivity (Wildman–Crippen MR) is 248 cm³/mol. The average molecular weight is 845 g/mol. The number of benzene rings is 6. The zero-order chi connectivity index (χ0) is 43.5. The highest BCUT2D eigenvalue weighted by atomic mass is 16.5. The molecule has 0 aliphatic carbocycles. The van der Waals surface area contributed by atoms with Crippen LogP contribution in [-0.2, 0) is 31.2 Å². The summed E-state index contributed by atoms with van der Waals surface area (Å²) in [6, 6.07) is 47.8. The van der Waals surface area contributed by atoms with Crippen molar-refractivity contribution in [3.8, 4) is 40.1 Å². The summed E-state index contributed by atoms with van der Waals surface area (Å²) < 4.78 is 38.2. The smallest absolute Gasteiger partial charge is 0.311 e. The SMILES string of the molecule is CCCCCCCCCCCC(=O)Oc1cc(OCc2ccccc2)cc2oc(-c3ccc(OCc4ccccc4)c(OCc4ccccc4)c3)c(OCc3ccccc3)c(=O)c12. The normalized spacial score (nSPS) is 11.0. The van der Waals surface area contributed by atoms with E-state index < -0.39 is 11.4 Å². The van der Waals surface area contributed by atoms with E-state index in [0.29, 0.717) is 35.8 Å². The minimum Gasteiger partial charge on any atom is -0.489 e. The summed E-state index contributed by atoms with van der Waals surface area (Å²) in [6.45, 7) is 3.17. The Labute approximate surface area is 370 Å². The molecule has 6 aromatic carbocycles. The third-order valence-electron chi connectivity index (χ3n) is 10.8. The van der Waals surface area contributed by atoms with Crippen molar-refractivity contribution in [2.24, 2.45) is 0 Å². The Morgan fingerprint density at radius 1 is 0.492 bits per heavy atom. The Balaban J connectivity index is 1.24. The predicted octanol–water partition coefficient (Wildman–Crippen LogP) is 13.6. The Hall–Kier alpha value is -6.80. The molecule has 0 fully saturated rings. The summed E-state index contributed by atoms with van der Waals surface area (Å²) in [5.74, 6) is 1.11. The molecule has 8 nitrogen and oxygen atoms in total. The van der Waals surface area contributed by atoms with E-state index in [2.05, 4.69) is 6.92 Å². The van der Waals surface area contributed by atoms with E-state index in [1.54, 1.807) is 18.2 Å². The molecule has 0 aliphatic rings. The second kappa shape index (κ2) is 23.4. The highest BCUT2D eigenvalue weighted by Crippen LogP contribution is 2.40. The highest BCUT2D eigenvalue weighted by molar-refractivity contribution is 5.91. The van der Waals surface area contributed by atoms with Gasteiger partial charge in [-0.25, -0.2) is 0 Å². The second-order valence-corrected chi connectivity index (χ2v) is 15.7. The van der Waals surface area contributed by atoms with Crippen LogP contribution in [0, 0.1) is 0 Å². The van der Waals surface area contributed by atoms with Crippen molar-refractivity contribution in [1.82, 2.24) is 0 Å². The minimum atomic E-state index is -0.487. The number of ether oxygens (including phenoxy) is 5. The van der Waals surface area contributed by atoms with Gasteiger partial charge in [0.1, 0.15) is 48.9 Å². The van der Waals surface area contributed by atoms with E-state index in [1.165, 1.54) is 32.1 Å². The van der Waals surface area contributed by atoms with Gasteiger partial charge in [0.15, 0.2) is 17.3 Å². The first kappa shape index (κ1) is 44.3. The van der Waals surface area contributed by atoms with Crippen molar-refractivity contribution in [3.05, 3.63) is 184 Å². The molecule has 0 saturated heterocycles. The lowest BCUT2D eigenvalue weighted by Gasteiger charge is -2.17. The van der Waals surface area contributed by atoms with Gasteiger partial charge in [-0.1, -0.05) is 180 Å². The average Bonchev–Trinajstić information content (AvgIpc) is 3.32. The summed E-state index contributed by atoms with van der Waals surface area (Å²) in [7, 11) is 0. The molecule has 7 aromatic rings. The molecule has 0 bridgehead atoms. The van der Waals surface area contributed by atoms with Gasteiger partial charge in [0, 0.05) is 24.1 Å². The zero-order valence-electron chi connectivity index (χ0n) is 36.1. The lowest BCUT2D eigenvalue weighted by Crippen LogP contribution is -2.14. The van der Waals surface area contributed by atoms with Gasteiger partial charge in [-0.3, -0.25) is 9.59 Å². The van der Waals surface area contributed by atoms with Crippen molar-refractivity contribution >= 4 is 16.9 Å². The molecule has 0 saturated carbocycles. The summed E-state index contributed by atoms with van der Waals surface area (Å²) in [6.07, 6.45) is 10.3. The van der Waals surface area contributed by atoms with E-state index in [9.17, 15) is 9.59 Å². The molecule has 7 rings (SSSR count). The van der Waals surface area contributed by atoms with Crippen LogP contribution in [0.5, 0.6) is 28.7 Å². The minimum absolute atomic E-state index is 0.0347. The quantitative estimate of drug-likeness (QED) is 0.0337. The van der Waals surface area contributed by atoms with Gasteiger partial charge in [0.05, 0.1) is 0 Å². The highest BCUT2D eigenvalue weighted by Gasteiger charge is 2.24. The first-order valence-corrected chi connectivity index (χ1v) is 22.2. The van der Waals surface area contributed by atoms with E-state index in [0.717, 1.165) is 41.5 Å². The van der Waals surface area contributed by atoms with Crippen molar-refractivity contribution in [3.63, 3.8) is 0 Å². The van der Waals surface area contributed by atoms with Crippen LogP contribution in [0.15, 0.2) is 161 Å². The maximum Gasteiger partial charge on any atom is 0.311 e. The lowest BCUT2D eigenvalue weighted by atomic mass is 10.1. The van der Waals surface area contributed by atoms with E-state index in [-0.39, 0.29) is 54.5 Å². The molecule has 0 radical (unpaired) electrons. The van der Waals surface area contributed by atoms with Crippen molar-refractivity contribution < 1.29 is 32.9 Å².